The summed E-state index contributed by atoms with van der Waals surface area (Å²) >= 11 is 0.848. The number of hydrogen-bond acceptors (Lipinski definition) is 9. The van der Waals surface area contributed by atoms with Crippen LogP contribution in [0.15, 0.2) is 18.2 Å². The lowest BCUT2D eigenvalue weighted by atomic mass is 10.1. The first-order valence-corrected chi connectivity index (χ1v) is 9.09. The Kier molecular flexibility index (Phi) is 6.89. The largest absolute Gasteiger partial charge is 0.490 e. The fourth-order valence-electron chi connectivity index (χ4n) is 2.49. The lowest BCUT2D eigenvalue weighted by molar-refractivity contribution is -0.385. The van der Waals surface area contributed by atoms with Gasteiger partial charge in [-0.3, -0.25) is 14.9 Å². The van der Waals surface area contributed by atoms with Crippen LogP contribution in [0.2, 0.25) is 0 Å². The summed E-state index contributed by atoms with van der Waals surface area (Å²) in [6.07, 6.45) is 0. The molecular formula is C18H18N2O8S. The molecule has 1 aromatic carbocycles. The Morgan fingerprint density at radius 2 is 1.90 bits per heavy atom. The smallest absolute Gasteiger partial charge is 0.348 e. The van der Waals surface area contributed by atoms with Crippen LogP contribution >= 0.6 is 11.3 Å². The number of nitro benzene ring substituents is 1. The maximum absolute atomic E-state index is 12.6. The second-order valence-corrected chi connectivity index (χ2v) is 6.59. The van der Waals surface area contributed by atoms with E-state index in [0.717, 1.165) is 17.4 Å². The van der Waals surface area contributed by atoms with Crippen LogP contribution in [-0.2, 0) is 9.47 Å². The quantitative estimate of drug-likeness (QED) is 0.408. The van der Waals surface area contributed by atoms with Crippen LogP contribution < -0.4 is 10.1 Å². The van der Waals surface area contributed by atoms with E-state index < -0.39 is 22.8 Å². The highest BCUT2D eigenvalue weighted by Crippen LogP contribution is 2.35. The van der Waals surface area contributed by atoms with Crippen molar-refractivity contribution in [1.82, 2.24) is 0 Å². The first-order chi connectivity index (χ1) is 13.7. The molecule has 1 aromatic heterocycles. The highest BCUT2D eigenvalue weighted by Gasteiger charge is 2.28. The van der Waals surface area contributed by atoms with Gasteiger partial charge in [-0.2, -0.15) is 0 Å². The molecule has 10 nitrogen and oxygen atoms in total. The summed E-state index contributed by atoms with van der Waals surface area (Å²) in [5.74, 6) is -2.09. The third-order valence-electron chi connectivity index (χ3n) is 3.86. The molecule has 0 aliphatic carbocycles. The number of ether oxygens (including phenoxy) is 3. The second-order valence-electron chi connectivity index (χ2n) is 5.57. The summed E-state index contributed by atoms with van der Waals surface area (Å²) in [5.41, 5.74) is -0.0914. The predicted molar refractivity (Wildman–Crippen MR) is 104 cm³/mol. The van der Waals surface area contributed by atoms with Crippen molar-refractivity contribution in [2.75, 3.05) is 26.1 Å². The van der Waals surface area contributed by atoms with E-state index >= 15 is 0 Å². The molecule has 0 bridgehead atoms. The van der Waals surface area contributed by atoms with Crippen LogP contribution in [0.1, 0.15) is 42.9 Å². The lowest BCUT2D eigenvalue weighted by Crippen LogP contribution is -2.15. The highest BCUT2D eigenvalue weighted by atomic mass is 32.1. The Bertz CT molecular complexity index is 982. The number of esters is 2. The molecule has 0 saturated carbocycles. The number of anilines is 1. The third kappa shape index (κ3) is 4.51. The Morgan fingerprint density at radius 3 is 2.45 bits per heavy atom. The van der Waals surface area contributed by atoms with Gasteiger partial charge in [-0.15, -0.1) is 11.3 Å². The van der Waals surface area contributed by atoms with E-state index in [1.54, 1.807) is 6.92 Å². The van der Waals surface area contributed by atoms with E-state index in [0.29, 0.717) is 5.56 Å². The number of methoxy groups -OCH3 is 2. The number of nitro groups is 1. The standard InChI is InChI=1S/C18H18N2O8S/c1-5-28-17(22)13-9(2)14(18(23)27-4)29-16(13)19-15(21)10-6-7-12(26-3)11(8-10)20(24)25/h6-8H,5H2,1-4H3,(H,19,21). The molecule has 1 amide bonds. The third-order valence-corrected chi connectivity index (χ3v) is 5.05. The molecule has 29 heavy (non-hydrogen) atoms. The minimum Gasteiger partial charge on any atom is -0.490 e. The van der Waals surface area contributed by atoms with Gasteiger partial charge < -0.3 is 19.5 Å². The van der Waals surface area contributed by atoms with Gasteiger partial charge in [-0.1, -0.05) is 0 Å². The Hall–Kier alpha value is -3.47. The van der Waals surface area contributed by atoms with E-state index in [2.05, 4.69) is 5.32 Å². The number of rotatable bonds is 7. The number of nitrogens with one attached hydrogen (secondary N) is 1. The zero-order valence-electron chi connectivity index (χ0n) is 16.1. The van der Waals surface area contributed by atoms with E-state index in [1.165, 1.54) is 33.3 Å². The molecule has 0 atom stereocenters. The van der Waals surface area contributed by atoms with Crippen LogP contribution in [0.4, 0.5) is 10.7 Å². The van der Waals surface area contributed by atoms with Gasteiger partial charge in [0.2, 0.25) is 0 Å². The van der Waals surface area contributed by atoms with Gasteiger partial charge in [0, 0.05) is 11.6 Å². The van der Waals surface area contributed by atoms with Gasteiger partial charge in [0.25, 0.3) is 5.91 Å². The Morgan fingerprint density at radius 1 is 1.21 bits per heavy atom. The van der Waals surface area contributed by atoms with Crippen LogP contribution in [0, 0.1) is 17.0 Å². The van der Waals surface area contributed by atoms with Gasteiger partial charge in [-0.25, -0.2) is 9.59 Å². The number of amides is 1. The zero-order chi connectivity index (χ0) is 21.7. The van der Waals surface area contributed by atoms with Crippen molar-refractivity contribution < 1.29 is 33.5 Å². The molecule has 154 valence electrons. The first kappa shape index (κ1) is 21.8. The molecule has 0 unspecified atom stereocenters. The van der Waals surface area contributed by atoms with Crippen LogP contribution in [0.5, 0.6) is 5.75 Å². The molecule has 0 radical (unpaired) electrons. The maximum atomic E-state index is 12.6. The number of thiophene rings is 1. The number of carbonyl (C=O) groups excluding carboxylic acids is 3. The van der Waals surface area contributed by atoms with E-state index in [4.69, 9.17) is 14.2 Å². The average Bonchev–Trinajstić information content (AvgIpc) is 3.02. The van der Waals surface area contributed by atoms with Gasteiger partial charge in [0.1, 0.15) is 9.88 Å². The first-order valence-electron chi connectivity index (χ1n) is 8.27. The monoisotopic (exact) mass is 422 g/mol. The second kappa shape index (κ2) is 9.15. The highest BCUT2D eigenvalue weighted by molar-refractivity contribution is 7.18. The summed E-state index contributed by atoms with van der Waals surface area (Å²) < 4.78 is 14.6. The number of nitrogens with zero attached hydrogens (tertiary/aromatic N) is 1. The minimum absolute atomic E-state index is 0.00120. The number of carbonyl (C=O) groups is 3. The van der Waals surface area contributed by atoms with Crippen molar-refractivity contribution >= 4 is 39.9 Å². The fraction of sp³-hybridized carbons (Fsp3) is 0.278. The minimum atomic E-state index is -0.715. The molecule has 0 saturated heterocycles. The van der Waals surface area contributed by atoms with Gasteiger partial charge in [0.05, 0.1) is 31.3 Å². The average molecular weight is 422 g/mol. The van der Waals surface area contributed by atoms with Crippen molar-refractivity contribution in [3.05, 3.63) is 49.9 Å². The molecule has 11 heteroatoms. The number of benzene rings is 1. The Labute approximate surface area is 169 Å². The molecular weight excluding hydrogens is 404 g/mol. The number of hydrogen-bond donors (Lipinski definition) is 1. The van der Waals surface area contributed by atoms with Gasteiger partial charge >= 0.3 is 17.6 Å². The SMILES string of the molecule is CCOC(=O)c1c(NC(=O)c2ccc(OC)c([N+](=O)[O-])c2)sc(C(=O)OC)c1C. The molecule has 1 heterocycles. The van der Waals surface area contributed by atoms with Gasteiger partial charge in [-0.05, 0) is 31.5 Å². The zero-order valence-corrected chi connectivity index (χ0v) is 16.9. The topological polar surface area (TPSA) is 134 Å². The van der Waals surface area contributed by atoms with E-state index in [9.17, 15) is 24.5 Å². The molecule has 0 spiro atoms. The molecule has 2 aromatic rings. The molecule has 0 aliphatic rings. The van der Waals surface area contributed by atoms with E-state index in [-0.39, 0.29) is 39.0 Å². The maximum Gasteiger partial charge on any atom is 0.348 e. The van der Waals surface area contributed by atoms with Crippen molar-refractivity contribution in [3.8, 4) is 5.75 Å². The molecule has 0 aliphatic heterocycles. The lowest BCUT2D eigenvalue weighted by Gasteiger charge is -2.08. The predicted octanol–water partition coefficient (Wildman–Crippen LogP) is 3.19. The summed E-state index contributed by atoms with van der Waals surface area (Å²) in [4.78, 5) is 47.6. The summed E-state index contributed by atoms with van der Waals surface area (Å²) in [6.45, 7) is 3.25. The van der Waals surface area contributed by atoms with Gasteiger partial charge in [0.15, 0.2) is 5.75 Å². The van der Waals surface area contributed by atoms with Crippen LogP contribution in [0.25, 0.3) is 0 Å². The Balaban J connectivity index is 2.46. The van der Waals surface area contributed by atoms with E-state index in [1.807, 2.05) is 0 Å². The molecule has 2 rings (SSSR count). The van der Waals surface area contributed by atoms with Crippen LogP contribution in [-0.4, -0.2) is 43.6 Å². The summed E-state index contributed by atoms with van der Waals surface area (Å²) in [5, 5.41) is 13.8. The normalized spacial score (nSPS) is 10.2. The van der Waals surface area contributed by atoms with Crippen molar-refractivity contribution in [3.63, 3.8) is 0 Å². The molecule has 1 N–H and O–H groups in total. The van der Waals surface area contributed by atoms with Crippen molar-refractivity contribution in [2.45, 2.75) is 13.8 Å². The molecule has 0 fully saturated rings. The van der Waals surface area contributed by atoms with Crippen LogP contribution in [0.3, 0.4) is 0 Å². The summed E-state index contributed by atoms with van der Waals surface area (Å²) in [6, 6.07) is 3.69. The van der Waals surface area contributed by atoms with Crippen molar-refractivity contribution in [1.29, 1.82) is 0 Å². The summed E-state index contributed by atoms with van der Waals surface area (Å²) in [7, 11) is 2.47. The fourth-order valence-corrected chi connectivity index (χ4v) is 3.60. The van der Waals surface area contributed by atoms with Crippen molar-refractivity contribution in [2.24, 2.45) is 0 Å².